The van der Waals surface area contributed by atoms with Crippen LogP contribution < -0.4 is 11.1 Å². The van der Waals surface area contributed by atoms with Crippen LogP contribution >= 0.6 is 11.3 Å². The van der Waals surface area contributed by atoms with E-state index >= 15 is 8.78 Å². The lowest BCUT2D eigenvalue weighted by molar-refractivity contribution is 0.206. The van der Waals surface area contributed by atoms with E-state index in [0.29, 0.717) is 35.7 Å². The standard InChI is InChI=1S/C27H29F2N5OS/c1-4-14(3)20(22-15(10-30)26(31)36-25(22)19(28)5-2)21-18-13-35-12-17(18)16-11-32-27(33-24(16)23(21)29)34-8-6-7-9-34/h5,11,24H,4,6-9,12-13,31H2,1-3H3,(H,32,33)/b19-5+,20-14?. The second kappa shape index (κ2) is 9.68. The Morgan fingerprint density at radius 3 is 2.75 bits per heavy atom. The van der Waals surface area contributed by atoms with Gasteiger partial charge < -0.3 is 20.7 Å². The Hall–Kier alpha value is -3.22. The summed E-state index contributed by atoms with van der Waals surface area (Å²) in [6.45, 7) is 7.77. The van der Waals surface area contributed by atoms with Crippen LogP contribution in [0.4, 0.5) is 13.8 Å². The smallest absolute Gasteiger partial charge is 0.199 e. The van der Waals surface area contributed by atoms with E-state index in [1.54, 1.807) is 6.92 Å². The molecule has 6 nitrogen and oxygen atoms in total. The molecule has 5 rings (SSSR count). The van der Waals surface area contributed by atoms with E-state index in [4.69, 9.17) is 15.5 Å². The zero-order valence-corrected chi connectivity index (χ0v) is 21.5. The molecule has 188 valence electrons. The topological polar surface area (TPSA) is 86.7 Å². The molecule has 3 aliphatic heterocycles. The maximum Gasteiger partial charge on any atom is 0.199 e. The minimum atomic E-state index is -0.825. The summed E-state index contributed by atoms with van der Waals surface area (Å²) in [5.41, 5.74) is 10.8. The number of nitrogen functional groups attached to an aromatic ring is 1. The lowest BCUT2D eigenvalue weighted by atomic mass is 9.78. The van der Waals surface area contributed by atoms with Crippen LogP contribution in [-0.2, 0) is 4.74 Å². The zero-order chi connectivity index (χ0) is 25.6. The van der Waals surface area contributed by atoms with Crippen molar-refractivity contribution in [2.24, 2.45) is 4.99 Å². The van der Waals surface area contributed by atoms with Gasteiger partial charge in [-0.05, 0) is 49.8 Å². The maximum absolute atomic E-state index is 16.7. The minimum Gasteiger partial charge on any atom is -0.389 e. The van der Waals surface area contributed by atoms with E-state index in [2.05, 4.69) is 16.3 Å². The van der Waals surface area contributed by atoms with Crippen LogP contribution in [0.15, 0.2) is 51.0 Å². The minimum absolute atomic E-state index is 0.170. The number of ether oxygens (including phenoxy) is 1. The summed E-state index contributed by atoms with van der Waals surface area (Å²) in [5.74, 6) is -0.239. The Kier molecular flexibility index (Phi) is 6.58. The van der Waals surface area contributed by atoms with Gasteiger partial charge in [0.05, 0.1) is 23.7 Å². The first-order valence-corrected chi connectivity index (χ1v) is 13.1. The molecule has 4 aliphatic rings. The van der Waals surface area contributed by atoms with E-state index in [0.717, 1.165) is 59.6 Å². The molecule has 1 atom stereocenters. The van der Waals surface area contributed by atoms with Crippen molar-refractivity contribution in [1.82, 2.24) is 10.2 Å². The highest BCUT2D eigenvalue weighted by molar-refractivity contribution is 7.17. The first-order valence-electron chi connectivity index (χ1n) is 12.3. The van der Waals surface area contributed by atoms with Crippen molar-refractivity contribution in [3.8, 4) is 6.07 Å². The summed E-state index contributed by atoms with van der Waals surface area (Å²) in [4.78, 5) is 7.18. The number of thiophene rings is 1. The van der Waals surface area contributed by atoms with E-state index in [1.165, 1.54) is 6.08 Å². The van der Waals surface area contributed by atoms with Crippen molar-refractivity contribution in [2.45, 2.75) is 46.1 Å². The van der Waals surface area contributed by atoms with E-state index < -0.39 is 17.7 Å². The number of aliphatic imine (C=N–C) groups is 1. The largest absolute Gasteiger partial charge is 0.389 e. The predicted octanol–water partition coefficient (Wildman–Crippen LogP) is 5.59. The Bertz CT molecular complexity index is 1350. The molecule has 0 aromatic carbocycles. The van der Waals surface area contributed by atoms with Crippen LogP contribution in [0.5, 0.6) is 0 Å². The molecule has 0 radical (unpaired) electrons. The van der Waals surface area contributed by atoms with Crippen LogP contribution in [0, 0.1) is 11.3 Å². The maximum atomic E-state index is 16.7. The third kappa shape index (κ3) is 3.80. The summed E-state index contributed by atoms with van der Waals surface area (Å²) in [5, 5.41) is 13.5. The van der Waals surface area contributed by atoms with Crippen LogP contribution in [-0.4, -0.2) is 43.2 Å². The summed E-state index contributed by atoms with van der Waals surface area (Å²) in [7, 11) is 0. The number of guanidine groups is 1. The number of rotatable bonds is 4. The predicted molar refractivity (Wildman–Crippen MR) is 140 cm³/mol. The third-order valence-electron chi connectivity index (χ3n) is 7.27. The lowest BCUT2D eigenvalue weighted by Crippen LogP contribution is -2.42. The van der Waals surface area contributed by atoms with Crippen LogP contribution in [0.3, 0.4) is 0 Å². The second-order valence-electron chi connectivity index (χ2n) is 9.27. The Balaban J connectivity index is 1.76. The van der Waals surface area contributed by atoms with Crippen LogP contribution in [0.25, 0.3) is 11.4 Å². The SMILES string of the molecule is C/C=C(/F)c1sc(N)c(C#N)c1C(=C(C)CC)C1=C(F)C2N=C(N3CCCC3)NC=C2C2=C1COC2. The van der Waals surface area contributed by atoms with Gasteiger partial charge in [0, 0.05) is 36.0 Å². The monoisotopic (exact) mass is 509 g/mol. The molecule has 1 fully saturated rings. The quantitative estimate of drug-likeness (QED) is 0.553. The number of allylic oxidation sites excluding steroid dienone is 3. The fraction of sp³-hybridized carbons (Fsp3) is 0.407. The Morgan fingerprint density at radius 2 is 2.08 bits per heavy atom. The summed E-state index contributed by atoms with van der Waals surface area (Å²) >= 11 is 1.01. The van der Waals surface area contributed by atoms with E-state index in [9.17, 15) is 5.26 Å². The van der Waals surface area contributed by atoms with Gasteiger partial charge in [0.1, 0.15) is 28.8 Å². The molecule has 3 N–H and O–H groups in total. The molecule has 0 amide bonds. The number of nitrogens with one attached hydrogen (secondary N) is 1. The first kappa shape index (κ1) is 24.5. The number of halogens is 2. The number of hydrogen-bond donors (Lipinski definition) is 2. The number of anilines is 1. The number of likely N-dealkylation sites (tertiary alicyclic amines) is 1. The highest BCUT2D eigenvalue weighted by Crippen LogP contribution is 2.51. The zero-order valence-electron chi connectivity index (χ0n) is 20.7. The second-order valence-corrected chi connectivity index (χ2v) is 10.3. The van der Waals surface area contributed by atoms with Crippen molar-refractivity contribution in [1.29, 1.82) is 5.26 Å². The van der Waals surface area contributed by atoms with Gasteiger partial charge in [0.15, 0.2) is 5.96 Å². The average Bonchev–Trinajstić information content (AvgIpc) is 3.65. The number of nitrogens with two attached hydrogens (primary N) is 1. The van der Waals surface area contributed by atoms with Crippen molar-refractivity contribution in [3.05, 3.63) is 62.0 Å². The van der Waals surface area contributed by atoms with Gasteiger partial charge in [-0.3, -0.25) is 0 Å². The van der Waals surface area contributed by atoms with Crippen LogP contribution in [0.1, 0.15) is 56.0 Å². The normalized spacial score (nSPS) is 22.6. The summed E-state index contributed by atoms with van der Waals surface area (Å²) < 4.78 is 37.6. The van der Waals surface area contributed by atoms with Crippen LogP contribution in [0.2, 0.25) is 0 Å². The van der Waals surface area contributed by atoms with Gasteiger partial charge in [-0.1, -0.05) is 18.6 Å². The Labute approximate surface area is 213 Å². The van der Waals surface area contributed by atoms with Crippen molar-refractivity contribution < 1.29 is 13.5 Å². The van der Waals surface area contributed by atoms with Gasteiger partial charge in [-0.15, -0.1) is 11.3 Å². The molecule has 1 aromatic heterocycles. The van der Waals surface area contributed by atoms with E-state index in [1.807, 2.05) is 20.0 Å². The molecule has 0 bridgehead atoms. The number of fused-ring (bicyclic) bond motifs is 2. The molecule has 4 heterocycles. The fourth-order valence-electron chi connectivity index (χ4n) is 5.28. The highest BCUT2D eigenvalue weighted by Gasteiger charge is 2.41. The van der Waals surface area contributed by atoms with E-state index in [-0.39, 0.29) is 22.0 Å². The van der Waals surface area contributed by atoms with Gasteiger partial charge in [-0.25, -0.2) is 13.8 Å². The van der Waals surface area contributed by atoms with Crippen molar-refractivity contribution in [2.75, 3.05) is 32.0 Å². The van der Waals surface area contributed by atoms with Crippen molar-refractivity contribution in [3.63, 3.8) is 0 Å². The Morgan fingerprint density at radius 1 is 1.36 bits per heavy atom. The highest BCUT2D eigenvalue weighted by atomic mass is 32.1. The lowest BCUT2D eigenvalue weighted by Gasteiger charge is -2.32. The number of nitriles is 1. The molecular formula is C27H29F2N5OS. The van der Waals surface area contributed by atoms with Gasteiger partial charge in [0.25, 0.3) is 0 Å². The molecular weight excluding hydrogens is 480 g/mol. The fourth-order valence-corrected chi connectivity index (χ4v) is 6.28. The molecule has 1 unspecified atom stereocenters. The molecule has 0 saturated carbocycles. The summed E-state index contributed by atoms with van der Waals surface area (Å²) in [6.07, 6.45) is 5.92. The molecule has 9 heteroatoms. The van der Waals surface area contributed by atoms with Gasteiger partial charge in [0.2, 0.25) is 0 Å². The number of nitrogens with zero attached hydrogens (tertiary/aromatic N) is 3. The van der Waals surface area contributed by atoms with Crippen molar-refractivity contribution >= 4 is 33.7 Å². The average molecular weight is 510 g/mol. The third-order valence-corrected chi connectivity index (χ3v) is 8.30. The number of hydrogen-bond acceptors (Lipinski definition) is 7. The first-order chi connectivity index (χ1) is 17.4. The van der Waals surface area contributed by atoms with Gasteiger partial charge in [-0.2, -0.15) is 5.26 Å². The molecule has 36 heavy (non-hydrogen) atoms. The summed E-state index contributed by atoms with van der Waals surface area (Å²) in [6, 6.07) is 1.32. The molecule has 1 saturated heterocycles. The molecule has 1 aliphatic carbocycles. The molecule has 1 aromatic rings. The van der Waals surface area contributed by atoms with Gasteiger partial charge >= 0.3 is 0 Å². The molecule has 0 spiro atoms.